The first-order chi connectivity index (χ1) is 9.56. The summed E-state index contributed by atoms with van der Waals surface area (Å²) in [6.07, 6.45) is 0. The Balaban J connectivity index is 2.43. The van der Waals surface area contributed by atoms with E-state index >= 15 is 0 Å². The maximum Gasteiger partial charge on any atom is 0.161 e. The zero-order chi connectivity index (χ0) is 14.7. The molecule has 2 rings (SSSR count). The SMILES string of the molecule is COc1cc(Br)c(C(Cl)c2ccc(F)cc2)cc1OC. The summed E-state index contributed by atoms with van der Waals surface area (Å²) in [5.41, 5.74) is 1.64. The maximum atomic E-state index is 13.0. The molecule has 0 bridgehead atoms. The first-order valence-corrected chi connectivity index (χ1v) is 7.10. The van der Waals surface area contributed by atoms with Crippen LogP contribution in [-0.2, 0) is 0 Å². The van der Waals surface area contributed by atoms with Crippen LogP contribution in [-0.4, -0.2) is 14.2 Å². The van der Waals surface area contributed by atoms with Gasteiger partial charge in [-0.1, -0.05) is 28.1 Å². The highest BCUT2D eigenvalue weighted by Crippen LogP contribution is 2.40. The molecule has 2 nitrogen and oxygen atoms in total. The lowest BCUT2D eigenvalue weighted by atomic mass is 10.0. The van der Waals surface area contributed by atoms with Crippen LogP contribution in [0.15, 0.2) is 40.9 Å². The molecule has 1 unspecified atom stereocenters. The van der Waals surface area contributed by atoms with E-state index in [2.05, 4.69) is 15.9 Å². The number of methoxy groups -OCH3 is 2. The minimum Gasteiger partial charge on any atom is -0.493 e. The van der Waals surface area contributed by atoms with Gasteiger partial charge in [-0.3, -0.25) is 0 Å². The van der Waals surface area contributed by atoms with Gasteiger partial charge < -0.3 is 9.47 Å². The summed E-state index contributed by atoms with van der Waals surface area (Å²) in [5, 5.41) is -0.412. The molecule has 0 amide bonds. The quantitative estimate of drug-likeness (QED) is 0.720. The molecule has 2 aromatic carbocycles. The van der Waals surface area contributed by atoms with E-state index in [1.807, 2.05) is 6.07 Å². The van der Waals surface area contributed by atoms with Crippen LogP contribution < -0.4 is 9.47 Å². The van der Waals surface area contributed by atoms with Crippen molar-refractivity contribution in [2.75, 3.05) is 14.2 Å². The van der Waals surface area contributed by atoms with Crippen molar-refractivity contribution in [1.29, 1.82) is 0 Å². The average molecular weight is 360 g/mol. The third kappa shape index (κ3) is 3.07. The Bertz CT molecular complexity index is 602. The van der Waals surface area contributed by atoms with Gasteiger partial charge in [0.05, 0.1) is 19.6 Å². The second-order valence-electron chi connectivity index (χ2n) is 4.14. The summed E-state index contributed by atoms with van der Waals surface area (Å²) in [6.45, 7) is 0. The molecular formula is C15H13BrClFO2. The lowest BCUT2D eigenvalue weighted by Gasteiger charge is -2.16. The maximum absolute atomic E-state index is 13.0. The fourth-order valence-corrected chi connectivity index (χ4v) is 2.88. The van der Waals surface area contributed by atoms with Crippen molar-refractivity contribution in [3.8, 4) is 11.5 Å². The predicted octanol–water partition coefficient (Wildman–Crippen LogP) is 4.93. The minimum absolute atomic E-state index is 0.288. The van der Waals surface area contributed by atoms with Crippen LogP contribution >= 0.6 is 27.5 Å². The predicted molar refractivity (Wildman–Crippen MR) is 81.3 cm³/mol. The normalized spacial score (nSPS) is 12.1. The fourth-order valence-electron chi connectivity index (χ4n) is 1.88. The van der Waals surface area contributed by atoms with Crippen LogP contribution in [0.4, 0.5) is 4.39 Å². The summed E-state index contributed by atoms with van der Waals surface area (Å²) >= 11 is 9.93. The standard InChI is InChI=1S/C15H13BrClFO2/c1-19-13-7-11(12(16)8-14(13)20-2)15(17)9-3-5-10(18)6-4-9/h3-8,15H,1-2H3. The third-order valence-corrected chi connectivity index (χ3v) is 4.11. The molecule has 0 radical (unpaired) electrons. The zero-order valence-electron chi connectivity index (χ0n) is 11.0. The molecule has 1 atom stereocenters. The summed E-state index contributed by atoms with van der Waals surface area (Å²) in [5.74, 6) is 0.925. The molecule has 20 heavy (non-hydrogen) atoms. The number of halogens is 3. The van der Waals surface area contributed by atoms with Gasteiger partial charge in [0, 0.05) is 4.47 Å². The Labute approximate surface area is 130 Å². The van der Waals surface area contributed by atoms with Crippen LogP contribution in [0, 0.1) is 5.82 Å². The molecule has 0 aliphatic carbocycles. The van der Waals surface area contributed by atoms with Crippen molar-refractivity contribution in [1.82, 2.24) is 0 Å². The van der Waals surface area contributed by atoms with Crippen LogP contribution in [0.1, 0.15) is 16.5 Å². The third-order valence-electron chi connectivity index (χ3n) is 2.94. The molecule has 2 aromatic rings. The molecule has 0 aliphatic rings. The van der Waals surface area contributed by atoms with Gasteiger partial charge in [0.15, 0.2) is 11.5 Å². The van der Waals surface area contributed by atoms with E-state index in [4.69, 9.17) is 21.1 Å². The van der Waals surface area contributed by atoms with Crippen LogP contribution in [0.5, 0.6) is 11.5 Å². The lowest BCUT2D eigenvalue weighted by molar-refractivity contribution is 0.354. The first-order valence-electron chi connectivity index (χ1n) is 5.87. The van der Waals surface area contributed by atoms with Crippen molar-refractivity contribution in [2.45, 2.75) is 5.38 Å². The summed E-state index contributed by atoms with van der Waals surface area (Å²) in [7, 11) is 3.14. The van der Waals surface area contributed by atoms with E-state index in [-0.39, 0.29) is 5.82 Å². The van der Waals surface area contributed by atoms with E-state index in [9.17, 15) is 4.39 Å². The largest absolute Gasteiger partial charge is 0.493 e. The van der Waals surface area contributed by atoms with Gasteiger partial charge in [-0.2, -0.15) is 0 Å². The van der Waals surface area contributed by atoms with E-state index in [1.54, 1.807) is 32.4 Å². The molecule has 0 heterocycles. The number of ether oxygens (including phenoxy) is 2. The van der Waals surface area contributed by atoms with Crippen molar-refractivity contribution < 1.29 is 13.9 Å². The molecule has 0 spiro atoms. The molecule has 5 heteroatoms. The first kappa shape index (κ1) is 15.1. The van der Waals surface area contributed by atoms with E-state index in [0.29, 0.717) is 11.5 Å². The number of hydrogen-bond acceptors (Lipinski definition) is 2. The summed E-state index contributed by atoms with van der Waals surface area (Å²) in [6, 6.07) is 9.71. The smallest absolute Gasteiger partial charge is 0.161 e. The van der Waals surface area contributed by atoms with Gasteiger partial charge in [-0.25, -0.2) is 4.39 Å². The highest BCUT2D eigenvalue weighted by atomic mass is 79.9. The Morgan fingerprint density at radius 3 is 2.15 bits per heavy atom. The molecule has 0 fully saturated rings. The lowest BCUT2D eigenvalue weighted by Crippen LogP contribution is -1.98. The second-order valence-corrected chi connectivity index (χ2v) is 5.43. The monoisotopic (exact) mass is 358 g/mol. The Kier molecular flexibility index (Phi) is 4.89. The molecule has 106 valence electrons. The van der Waals surface area contributed by atoms with Crippen molar-refractivity contribution >= 4 is 27.5 Å². The molecule has 0 saturated carbocycles. The highest BCUT2D eigenvalue weighted by Gasteiger charge is 2.18. The van der Waals surface area contributed by atoms with Gasteiger partial charge in [-0.15, -0.1) is 11.6 Å². The van der Waals surface area contributed by atoms with Crippen LogP contribution in [0.3, 0.4) is 0 Å². The topological polar surface area (TPSA) is 18.5 Å². The van der Waals surface area contributed by atoms with E-state index < -0.39 is 5.38 Å². The number of hydrogen-bond donors (Lipinski definition) is 0. The van der Waals surface area contributed by atoms with Gasteiger partial charge in [-0.05, 0) is 35.4 Å². The van der Waals surface area contributed by atoms with Crippen LogP contribution in [0.2, 0.25) is 0 Å². The van der Waals surface area contributed by atoms with Crippen molar-refractivity contribution in [3.63, 3.8) is 0 Å². The van der Waals surface area contributed by atoms with Crippen molar-refractivity contribution in [3.05, 3.63) is 57.8 Å². The Morgan fingerprint density at radius 1 is 1.05 bits per heavy atom. The van der Waals surface area contributed by atoms with Crippen molar-refractivity contribution in [2.24, 2.45) is 0 Å². The van der Waals surface area contributed by atoms with E-state index in [0.717, 1.165) is 15.6 Å². The molecular weight excluding hydrogens is 347 g/mol. The van der Waals surface area contributed by atoms with Gasteiger partial charge in [0.2, 0.25) is 0 Å². The Morgan fingerprint density at radius 2 is 1.60 bits per heavy atom. The molecule has 0 aromatic heterocycles. The second kappa shape index (κ2) is 6.46. The van der Waals surface area contributed by atoms with E-state index in [1.165, 1.54) is 12.1 Å². The molecule has 0 aliphatic heterocycles. The zero-order valence-corrected chi connectivity index (χ0v) is 13.3. The highest BCUT2D eigenvalue weighted by molar-refractivity contribution is 9.10. The van der Waals surface area contributed by atoms with Gasteiger partial charge >= 0.3 is 0 Å². The number of alkyl halides is 1. The molecule has 0 saturated heterocycles. The summed E-state index contributed by atoms with van der Waals surface area (Å²) < 4.78 is 24.3. The average Bonchev–Trinajstić information content (AvgIpc) is 2.47. The molecule has 0 N–H and O–H groups in total. The minimum atomic E-state index is -0.412. The van der Waals surface area contributed by atoms with Crippen LogP contribution in [0.25, 0.3) is 0 Å². The number of benzene rings is 2. The number of rotatable bonds is 4. The van der Waals surface area contributed by atoms with Gasteiger partial charge in [0.1, 0.15) is 5.82 Å². The Hall–Kier alpha value is -1.26. The van der Waals surface area contributed by atoms with Gasteiger partial charge in [0.25, 0.3) is 0 Å². The fraction of sp³-hybridized carbons (Fsp3) is 0.200. The summed E-state index contributed by atoms with van der Waals surface area (Å²) in [4.78, 5) is 0.